The number of hydrogen-bond donors (Lipinski definition) is 1. The number of imidazole rings is 1. The standard InChI is InChI=1S/C21H24N6O3S/c28-21(25-12-16-26-15-11-24-20(26)19-22-9-4-10-23-19)17-5-7-18(8-6-17)31(29,30)27-13-2-1-3-14-27/h4-11,15H,1-3,12-14,16H2,(H,25,28). The van der Waals surface area contributed by atoms with Crippen LogP contribution in [0.5, 0.6) is 0 Å². The lowest BCUT2D eigenvalue weighted by molar-refractivity contribution is 0.0952. The van der Waals surface area contributed by atoms with Gasteiger partial charge in [0.05, 0.1) is 4.90 Å². The molecule has 0 unspecified atom stereocenters. The van der Waals surface area contributed by atoms with E-state index in [-0.39, 0.29) is 10.8 Å². The van der Waals surface area contributed by atoms with Crippen molar-refractivity contribution in [2.24, 2.45) is 0 Å². The van der Waals surface area contributed by atoms with Gasteiger partial charge in [-0.15, -0.1) is 0 Å². The summed E-state index contributed by atoms with van der Waals surface area (Å²) in [7, 11) is -3.50. The molecule has 2 aromatic heterocycles. The van der Waals surface area contributed by atoms with Gasteiger partial charge in [-0.2, -0.15) is 4.31 Å². The summed E-state index contributed by atoms with van der Waals surface area (Å²) in [6.45, 7) is 1.98. The van der Waals surface area contributed by atoms with Crippen LogP contribution in [0.2, 0.25) is 0 Å². The highest BCUT2D eigenvalue weighted by Gasteiger charge is 2.25. The molecule has 1 amide bonds. The number of hydrogen-bond acceptors (Lipinski definition) is 6. The van der Waals surface area contributed by atoms with Gasteiger partial charge in [-0.25, -0.2) is 23.4 Å². The van der Waals surface area contributed by atoms with E-state index in [0.717, 1.165) is 19.3 Å². The average molecular weight is 441 g/mol. The summed E-state index contributed by atoms with van der Waals surface area (Å²) in [5.41, 5.74) is 0.412. The Morgan fingerprint density at radius 1 is 0.968 bits per heavy atom. The van der Waals surface area contributed by atoms with Crippen molar-refractivity contribution >= 4 is 15.9 Å². The SMILES string of the molecule is O=C(NCCn1ccnc1-c1ncccn1)c1ccc(S(=O)(=O)N2CCCCC2)cc1. The van der Waals surface area contributed by atoms with E-state index in [0.29, 0.717) is 43.4 Å². The number of sulfonamides is 1. The quantitative estimate of drug-likeness (QED) is 0.601. The molecule has 0 bridgehead atoms. The second-order valence-electron chi connectivity index (χ2n) is 7.26. The normalized spacial score (nSPS) is 15.0. The van der Waals surface area contributed by atoms with Gasteiger partial charge in [0.1, 0.15) is 0 Å². The highest BCUT2D eigenvalue weighted by Crippen LogP contribution is 2.21. The molecule has 1 fully saturated rings. The maximum absolute atomic E-state index is 12.7. The van der Waals surface area contributed by atoms with Gasteiger partial charge in [-0.1, -0.05) is 6.42 Å². The summed E-state index contributed by atoms with van der Waals surface area (Å²) < 4.78 is 28.8. The van der Waals surface area contributed by atoms with Crippen molar-refractivity contribution in [2.75, 3.05) is 19.6 Å². The Morgan fingerprint density at radius 2 is 1.68 bits per heavy atom. The average Bonchev–Trinajstić information content (AvgIpc) is 3.29. The fraction of sp³-hybridized carbons (Fsp3) is 0.333. The van der Waals surface area contributed by atoms with Gasteiger partial charge in [-0.05, 0) is 43.2 Å². The second-order valence-corrected chi connectivity index (χ2v) is 9.20. The molecule has 4 rings (SSSR count). The smallest absolute Gasteiger partial charge is 0.251 e. The minimum atomic E-state index is -3.50. The van der Waals surface area contributed by atoms with Crippen molar-refractivity contribution in [1.29, 1.82) is 0 Å². The van der Waals surface area contributed by atoms with Crippen molar-refractivity contribution in [1.82, 2.24) is 29.1 Å². The van der Waals surface area contributed by atoms with Crippen LogP contribution < -0.4 is 5.32 Å². The van der Waals surface area contributed by atoms with Crippen molar-refractivity contribution in [3.8, 4) is 11.6 Å². The molecular formula is C21H24N6O3S. The number of amides is 1. The van der Waals surface area contributed by atoms with Gasteiger partial charge in [0.25, 0.3) is 5.91 Å². The van der Waals surface area contributed by atoms with E-state index >= 15 is 0 Å². The number of nitrogens with zero attached hydrogens (tertiary/aromatic N) is 5. The van der Waals surface area contributed by atoms with Crippen LogP contribution in [0.15, 0.2) is 60.0 Å². The molecule has 9 nitrogen and oxygen atoms in total. The lowest BCUT2D eigenvalue weighted by atomic mass is 10.2. The van der Waals surface area contributed by atoms with Crippen LogP contribution in [0.25, 0.3) is 11.6 Å². The van der Waals surface area contributed by atoms with Crippen LogP contribution in [0.1, 0.15) is 29.6 Å². The minimum Gasteiger partial charge on any atom is -0.350 e. The topological polar surface area (TPSA) is 110 Å². The first-order valence-electron chi connectivity index (χ1n) is 10.2. The van der Waals surface area contributed by atoms with Gasteiger partial charge in [0.2, 0.25) is 10.0 Å². The van der Waals surface area contributed by atoms with E-state index in [4.69, 9.17) is 0 Å². The van der Waals surface area contributed by atoms with Crippen molar-refractivity contribution in [3.63, 3.8) is 0 Å². The maximum Gasteiger partial charge on any atom is 0.251 e. The molecule has 162 valence electrons. The molecule has 0 atom stereocenters. The predicted molar refractivity (Wildman–Crippen MR) is 115 cm³/mol. The Kier molecular flexibility index (Phi) is 6.38. The van der Waals surface area contributed by atoms with Gasteiger partial charge in [0, 0.05) is 56.5 Å². The molecule has 0 radical (unpaired) electrons. The highest BCUT2D eigenvalue weighted by atomic mass is 32.2. The summed E-state index contributed by atoms with van der Waals surface area (Å²) in [6.07, 6.45) is 9.59. The van der Waals surface area contributed by atoms with E-state index in [1.165, 1.54) is 16.4 Å². The van der Waals surface area contributed by atoms with Crippen LogP contribution in [-0.4, -0.2) is 57.8 Å². The highest BCUT2D eigenvalue weighted by molar-refractivity contribution is 7.89. The number of benzene rings is 1. The third kappa shape index (κ3) is 4.80. The number of piperidine rings is 1. The molecule has 0 spiro atoms. The fourth-order valence-electron chi connectivity index (χ4n) is 3.53. The first-order chi connectivity index (χ1) is 15.1. The van der Waals surface area contributed by atoms with Crippen molar-refractivity contribution in [2.45, 2.75) is 30.7 Å². The molecule has 0 saturated carbocycles. The molecule has 1 saturated heterocycles. The van der Waals surface area contributed by atoms with Crippen LogP contribution in [0, 0.1) is 0 Å². The second kappa shape index (κ2) is 9.36. The van der Waals surface area contributed by atoms with Crippen LogP contribution in [0.4, 0.5) is 0 Å². The number of carbonyl (C=O) groups is 1. The van der Waals surface area contributed by atoms with E-state index < -0.39 is 10.0 Å². The number of carbonyl (C=O) groups excluding carboxylic acids is 1. The lowest BCUT2D eigenvalue weighted by Gasteiger charge is -2.25. The van der Waals surface area contributed by atoms with Crippen LogP contribution in [0.3, 0.4) is 0 Å². The Bertz CT molecular complexity index is 1120. The summed E-state index contributed by atoms with van der Waals surface area (Å²) in [5, 5.41) is 2.85. The van der Waals surface area contributed by atoms with E-state index in [9.17, 15) is 13.2 Å². The van der Waals surface area contributed by atoms with Crippen LogP contribution >= 0.6 is 0 Å². The van der Waals surface area contributed by atoms with E-state index in [1.54, 1.807) is 43.0 Å². The first-order valence-corrected chi connectivity index (χ1v) is 11.7. The van der Waals surface area contributed by atoms with Gasteiger partial charge >= 0.3 is 0 Å². The Morgan fingerprint density at radius 3 is 2.39 bits per heavy atom. The lowest BCUT2D eigenvalue weighted by Crippen LogP contribution is -2.35. The zero-order valence-corrected chi connectivity index (χ0v) is 17.8. The molecule has 3 heterocycles. The molecule has 1 aliphatic heterocycles. The van der Waals surface area contributed by atoms with Gasteiger partial charge < -0.3 is 9.88 Å². The monoisotopic (exact) mass is 440 g/mol. The first kappa shape index (κ1) is 21.1. The maximum atomic E-state index is 12.7. The summed E-state index contributed by atoms with van der Waals surface area (Å²) in [5.74, 6) is 0.881. The molecule has 1 aromatic carbocycles. The van der Waals surface area contributed by atoms with Crippen LogP contribution in [-0.2, 0) is 16.6 Å². The molecular weight excluding hydrogens is 416 g/mol. The minimum absolute atomic E-state index is 0.219. The molecule has 0 aliphatic carbocycles. The zero-order valence-electron chi connectivity index (χ0n) is 17.0. The summed E-state index contributed by atoms with van der Waals surface area (Å²) in [6, 6.07) is 7.83. The van der Waals surface area contributed by atoms with Crippen molar-refractivity contribution < 1.29 is 13.2 Å². The van der Waals surface area contributed by atoms with E-state index in [2.05, 4.69) is 20.3 Å². The molecule has 1 aliphatic rings. The fourth-order valence-corrected chi connectivity index (χ4v) is 5.05. The molecule has 10 heteroatoms. The summed E-state index contributed by atoms with van der Waals surface area (Å²) >= 11 is 0. The number of aromatic nitrogens is 4. The molecule has 3 aromatic rings. The number of rotatable bonds is 7. The molecule has 1 N–H and O–H groups in total. The van der Waals surface area contributed by atoms with E-state index in [1.807, 2.05) is 4.57 Å². The molecule has 31 heavy (non-hydrogen) atoms. The third-order valence-corrected chi connectivity index (χ3v) is 7.10. The van der Waals surface area contributed by atoms with Gasteiger partial charge in [0.15, 0.2) is 11.6 Å². The Hall–Kier alpha value is -3.11. The Labute approximate surface area is 181 Å². The third-order valence-electron chi connectivity index (χ3n) is 5.19. The summed E-state index contributed by atoms with van der Waals surface area (Å²) in [4.78, 5) is 25.4. The predicted octanol–water partition coefficient (Wildman–Crippen LogP) is 1.94. The Balaban J connectivity index is 1.35. The number of nitrogens with one attached hydrogen (secondary N) is 1. The van der Waals surface area contributed by atoms with Crippen molar-refractivity contribution in [3.05, 3.63) is 60.7 Å². The largest absolute Gasteiger partial charge is 0.350 e. The zero-order chi connectivity index (χ0) is 21.7. The van der Waals surface area contributed by atoms with Gasteiger partial charge in [-0.3, -0.25) is 4.79 Å².